The molecule has 4 aromatic rings. The maximum absolute atomic E-state index is 6.62. The summed E-state index contributed by atoms with van der Waals surface area (Å²) in [6, 6.07) is 18.4. The summed E-state index contributed by atoms with van der Waals surface area (Å²) < 4.78 is 7.82. The average Bonchev–Trinajstić information content (AvgIpc) is 3.31. The van der Waals surface area contributed by atoms with Gasteiger partial charge in [0.1, 0.15) is 12.0 Å². The van der Waals surface area contributed by atoms with Crippen molar-refractivity contribution < 1.29 is 4.42 Å². The monoisotopic (exact) mass is 413 g/mol. The van der Waals surface area contributed by atoms with Crippen molar-refractivity contribution in [3.8, 4) is 17.1 Å². The van der Waals surface area contributed by atoms with E-state index in [0.717, 1.165) is 39.7 Å². The fourth-order valence-electron chi connectivity index (χ4n) is 4.37. The molecule has 3 heterocycles. The first-order valence-electron chi connectivity index (χ1n) is 10.3. The smallest absolute Gasteiger partial charge is 0.154 e. The lowest BCUT2D eigenvalue weighted by Crippen LogP contribution is -2.08. The molecule has 30 heavy (non-hydrogen) atoms. The highest BCUT2D eigenvalue weighted by atomic mass is 35.5. The summed E-state index contributed by atoms with van der Waals surface area (Å²) >= 11 is 6.62. The Bertz CT molecular complexity index is 1280. The van der Waals surface area contributed by atoms with Crippen molar-refractivity contribution in [2.75, 3.05) is 0 Å². The molecule has 5 heteroatoms. The highest BCUT2D eigenvalue weighted by molar-refractivity contribution is 6.35. The van der Waals surface area contributed by atoms with E-state index in [9.17, 15) is 0 Å². The van der Waals surface area contributed by atoms with Crippen LogP contribution >= 0.6 is 11.6 Å². The topological polar surface area (TPSA) is 43.3 Å². The van der Waals surface area contributed by atoms with Crippen LogP contribution in [-0.4, -0.2) is 15.3 Å². The molecular weight excluding hydrogens is 394 g/mol. The van der Waals surface area contributed by atoms with Gasteiger partial charge < -0.3 is 4.42 Å². The molecule has 1 aliphatic carbocycles. The van der Waals surface area contributed by atoms with Gasteiger partial charge in [0.15, 0.2) is 5.76 Å². The molecule has 1 aliphatic heterocycles. The van der Waals surface area contributed by atoms with E-state index < -0.39 is 0 Å². The summed E-state index contributed by atoms with van der Waals surface area (Å²) in [6.45, 7) is 2.10. The molecule has 2 aromatic carbocycles. The molecule has 148 valence electrons. The Morgan fingerprint density at radius 3 is 2.67 bits per heavy atom. The molecule has 0 spiro atoms. The van der Waals surface area contributed by atoms with Crippen molar-refractivity contribution in [3.63, 3.8) is 0 Å². The maximum atomic E-state index is 6.62. The largest absolute Gasteiger partial charge is 0.463 e. The van der Waals surface area contributed by atoms with Crippen LogP contribution in [0.15, 0.2) is 76.6 Å². The number of halogens is 1. The number of rotatable bonds is 3. The van der Waals surface area contributed by atoms with Crippen molar-refractivity contribution in [1.29, 1.82) is 0 Å². The average molecular weight is 414 g/mol. The molecule has 0 radical (unpaired) electrons. The predicted octanol–water partition coefficient (Wildman–Crippen LogP) is 6.58. The Hall–Kier alpha value is -3.11. The van der Waals surface area contributed by atoms with Crippen molar-refractivity contribution in [3.05, 3.63) is 94.6 Å². The van der Waals surface area contributed by atoms with Crippen molar-refractivity contribution >= 4 is 17.3 Å². The number of aliphatic imine (C=N–C) groups is 1. The second-order valence-corrected chi connectivity index (χ2v) is 8.42. The van der Waals surface area contributed by atoms with Gasteiger partial charge in [-0.25, -0.2) is 4.98 Å². The van der Waals surface area contributed by atoms with E-state index >= 15 is 0 Å². The van der Waals surface area contributed by atoms with Crippen LogP contribution < -0.4 is 0 Å². The molecule has 1 fully saturated rings. The second kappa shape index (κ2) is 6.71. The minimum absolute atomic E-state index is 0.115. The minimum Gasteiger partial charge on any atom is -0.463 e. The fourth-order valence-corrected chi connectivity index (χ4v) is 4.59. The van der Waals surface area contributed by atoms with E-state index in [-0.39, 0.29) is 6.04 Å². The van der Waals surface area contributed by atoms with E-state index in [1.54, 1.807) is 6.26 Å². The highest BCUT2D eigenvalue weighted by Gasteiger charge is 2.30. The molecule has 0 bridgehead atoms. The van der Waals surface area contributed by atoms with Gasteiger partial charge in [0.2, 0.25) is 0 Å². The summed E-state index contributed by atoms with van der Waals surface area (Å²) in [5, 5.41) is 0.710. The summed E-state index contributed by atoms with van der Waals surface area (Å²) in [4.78, 5) is 9.87. The molecule has 0 amide bonds. The second-order valence-electron chi connectivity index (χ2n) is 8.01. The first kappa shape index (κ1) is 17.7. The van der Waals surface area contributed by atoms with Gasteiger partial charge in [-0.2, -0.15) is 0 Å². The zero-order chi connectivity index (χ0) is 20.2. The van der Waals surface area contributed by atoms with Crippen molar-refractivity contribution in [1.82, 2.24) is 9.55 Å². The quantitative estimate of drug-likeness (QED) is 0.381. The SMILES string of the molecule is C[C@H]1N=C(c2ccccc2Cl)c2cc(C3CC3)ccc2-n2cnc(-c3ccco3)c21. The van der Waals surface area contributed by atoms with Crippen LogP contribution in [0.5, 0.6) is 0 Å². The minimum atomic E-state index is -0.115. The Kier molecular flexibility index (Phi) is 3.96. The van der Waals surface area contributed by atoms with Gasteiger partial charge in [-0.1, -0.05) is 35.9 Å². The molecule has 2 aromatic heterocycles. The third kappa shape index (κ3) is 2.75. The lowest BCUT2D eigenvalue weighted by molar-refractivity contribution is 0.578. The maximum Gasteiger partial charge on any atom is 0.154 e. The number of aromatic nitrogens is 2. The molecular formula is C25H20ClN3O. The number of nitrogens with zero attached hydrogens (tertiary/aromatic N) is 3. The first-order valence-corrected chi connectivity index (χ1v) is 10.7. The van der Waals surface area contributed by atoms with Gasteiger partial charge in [-0.15, -0.1) is 0 Å². The van der Waals surface area contributed by atoms with Crippen LogP contribution in [0.1, 0.15) is 54.1 Å². The van der Waals surface area contributed by atoms with Crippen LogP contribution in [0, 0.1) is 0 Å². The van der Waals surface area contributed by atoms with Gasteiger partial charge >= 0.3 is 0 Å². The summed E-state index contributed by atoms with van der Waals surface area (Å²) in [5.41, 5.74) is 7.28. The Morgan fingerprint density at radius 1 is 1.03 bits per heavy atom. The van der Waals surface area contributed by atoms with Crippen molar-refractivity contribution in [2.45, 2.75) is 31.7 Å². The van der Waals surface area contributed by atoms with Crippen LogP contribution in [0.3, 0.4) is 0 Å². The summed E-state index contributed by atoms with van der Waals surface area (Å²) in [5.74, 6) is 1.41. The molecule has 4 nitrogen and oxygen atoms in total. The Morgan fingerprint density at radius 2 is 1.90 bits per heavy atom. The molecule has 2 aliphatic rings. The molecule has 1 atom stereocenters. The molecule has 1 saturated carbocycles. The number of hydrogen-bond donors (Lipinski definition) is 0. The molecule has 0 unspecified atom stereocenters. The number of imidazole rings is 1. The number of hydrogen-bond acceptors (Lipinski definition) is 3. The third-order valence-electron chi connectivity index (χ3n) is 5.99. The number of fused-ring (bicyclic) bond motifs is 3. The zero-order valence-electron chi connectivity index (χ0n) is 16.5. The van der Waals surface area contributed by atoms with Gasteiger partial charge in [0.05, 0.1) is 29.4 Å². The number of benzene rings is 2. The van der Waals surface area contributed by atoms with E-state index in [0.29, 0.717) is 10.9 Å². The van der Waals surface area contributed by atoms with Gasteiger partial charge in [0, 0.05) is 16.1 Å². The Balaban J connectivity index is 1.63. The summed E-state index contributed by atoms with van der Waals surface area (Å²) in [7, 11) is 0. The number of furan rings is 1. The van der Waals surface area contributed by atoms with Crippen LogP contribution in [0.25, 0.3) is 17.1 Å². The fraction of sp³-hybridized carbons (Fsp3) is 0.200. The highest BCUT2D eigenvalue weighted by Crippen LogP contribution is 2.43. The summed E-state index contributed by atoms with van der Waals surface area (Å²) in [6.07, 6.45) is 6.07. The third-order valence-corrected chi connectivity index (χ3v) is 6.32. The van der Waals surface area contributed by atoms with Crippen LogP contribution in [-0.2, 0) is 0 Å². The van der Waals surface area contributed by atoms with Crippen LogP contribution in [0.4, 0.5) is 0 Å². The molecule has 0 saturated heterocycles. The zero-order valence-corrected chi connectivity index (χ0v) is 17.3. The lowest BCUT2D eigenvalue weighted by atomic mass is 9.97. The van der Waals surface area contributed by atoms with Crippen molar-refractivity contribution in [2.24, 2.45) is 4.99 Å². The predicted molar refractivity (Wildman–Crippen MR) is 119 cm³/mol. The van der Waals surface area contributed by atoms with Gasteiger partial charge in [-0.3, -0.25) is 9.56 Å². The van der Waals surface area contributed by atoms with E-state index in [1.165, 1.54) is 18.4 Å². The molecule has 0 N–H and O–H groups in total. The first-order chi connectivity index (χ1) is 14.7. The standard InChI is InChI=1S/C25H20ClN3O/c1-15-25-24(22-7-4-12-30-22)27-14-29(25)21-11-10-17(16-8-9-16)13-19(21)23(28-15)18-5-2-3-6-20(18)26/h2-7,10-16H,8-9H2,1H3/t15-/m1/s1. The van der Waals surface area contributed by atoms with Gasteiger partial charge in [-0.05, 0) is 61.6 Å². The van der Waals surface area contributed by atoms with E-state index in [1.807, 2.05) is 42.7 Å². The Labute approximate surface area is 179 Å². The van der Waals surface area contributed by atoms with Crippen LogP contribution in [0.2, 0.25) is 5.02 Å². The van der Waals surface area contributed by atoms with E-state index in [4.69, 9.17) is 26.0 Å². The molecule has 6 rings (SSSR count). The van der Waals surface area contributed by atoms with Gasteiger partial charge in [0.25, 0.3) is 0 Å². The lowest BCUT2D eigenvalue weighted by Gasteiger charge is -2.14. The van der Waals surface area contributed by atoms with E-state index in [2.05, 4.69) is 29.7 Å². The normalized spacial score (nSPS) is 17.8.